The van der Waals surface area contributed by atoms with Crippen LogP contribution in [0.15, 0.2) is 12.1 Å². The number of ether oxygens (including phenoxy) is 2. The summed E-state index contributed by atoms with van der Waals surface area (Å²) in [5, 5.41) is 2.79. The molecule has 1 aromatic carbocycles. The monoisotopic (exact) mass is 243 g/mol. The first-order valence-electron chi connectivity index (χ1n) is 5.18. The average molecular weight is 243 g/mol. The van der Waals surface area contributed by atoms with Crippen LogP contribution in [0.25, 0.3) is 0 Å². The largest absolute Gasteiger partial charge is 0.475 e. The molecule has 1 atom stereocenters. The number of halogens is 2. The Hall–Kier alpha value is -1.85. The van der Waals surface area contributed by atoms with Crippen LogP contribution >= 0.6 is 0 Å². The zero-order valence-electron chi connectivity index (χ0n) is 9.13. The summed E-state index contributed by atoms with van der Waals surface area (Å²) in [7, 11) is 0. The smallest absolute Gasteiger partial charge is 0.349 e. The van der Waals surface area contributed by atoms with Crippen LogP contribution in [-0.4, -0.2) is 25.2 Å². The molecule has 1 aliphatic rings. The molecule has 92 valence electrons. The van der Waals surface area contributed by atoms with Crippen molar-refractivity contribution in [1.29, 1.82) is 0 Å². The summed E-state index contributed by atoms with van der Waals surface area (Å²) in [5.41, 5.74) is 0.324. The Morgan fingerprint density at radius 1 is 1.53 bits per heavy atom. The second-order valence-corrected chi connectivity index (χ2v) is 3.50. The van der Waals surface area contributed by atoms with Gasteiger partial charge in [0.2, 0.25) is 6.10 Å². The van der Waals surface area contributed by atoms with Gasteiger partial charge in [0.25, 0.3) is 0 Å². The van der Waals surface area contributed by atoms with Crippen LogP contribution < -0.4 is 10.1 Å². The fraction of sp³-hybridized carbons (Fsp3) is 0.364. The van der Waals surface area contributed by atoms with E-state index in [-0.39, 0.29) is 18.9 Å². The second-order valence-electron chi connectivity index (χ2n) is 3.50. The van der Waals surface area contributed by atoms with E-state index < -0.39 is 23.7 Å². The third-order valence-electron chi connectivity index (χ3n) is 2.32. The van der Waals surface area contributed by atoms with Crippen LogP contribution in [0.4, 0.5) is 14.5 Å². The number of nitrogens with one attached hydrogen (secondary N) is 1. The first kappa shape index (κ1) is 11.6. The van der Waals surface area contributed by atoms with E-state index in [4.69, 9.17) is 9.47 Å². The minimum atomic E-state index is -1.02. The molecule has 0 radical (unpaired) electrons. The van der Waals surface area contributed by atoms with Crippen molar-refractivity contribution in [2.45, 2.75) is 13.0 Å². The number of hydrogen-bond acceptors (Lipinski definition) is 4. The van der Waals surface area contributed by atoms with E-state index in [0.717, 1.165) is 12.1 Å². The summed E-state index contributed by atoms with van der Waals surface area (Å²) in [5.74, 6) is -2.41. The fourth-order valence-electron chi connectivity index (χ4n) is 1.53. The third kappa shape index (κ3) is 2.30. The van der Waals surface area contributed by atoms with Crippen molar-refractivity contribution in [2.24, 2.45) is 0 Å². The molecule has 1 N–H and O–H groups in total. The maximum atomic E-state index is 13.0. The molecule has 2 rings (SSSR count). The van der Waals surface area contributed by atoms with Gasteiger partial charge in [0.1, 0.15) is 5.75 Å². The number of hydrogen-bond donors (Lipinski definition) is 1. The van der Waals surface area contributed by atoms with Crippen molar-refractivity contribution >= 4 is 11.7 Å². The molecular formula is C11H11F2NO3. The van der Waals surface area contributed by atoms with Gasteiger partial charge in [-0.2, -0.15) is 0 Å². The lowest BCUT2D eigenvalue weighted by Crippen LogP contribution is -2.39. The second kappa shape index (κ2) is 4.57. The molecule has 1 heterocycles. The highest BCUT2D eigenvalue weighted by atomic mass is 19.2. The number of rotatable bonds is 2. The molecule has 17 heavy (non-hydrogen) atoms. The Morgan fingerprint density at radius 2 is 2.24 bits per heavy atom. The van der Waals surface area contributed by atoms with Crippen molar-refractivity contribution in [3.05, 3.63) is 23.8 Å². The van der Waals surface area contributed by atoms with Crippen molar-refractivity contribution in [3.8, 4) is 5.75 Å². The molecule has 1 aliphatic heterocycles. The fourth-order valence-corrected chi connectivity index (χ4v) is 1.53. The molecule has 0 fully saturated rings. The van der Waals surface area contributed by atoms with Gasteiger partial charge in [0.15, 0.2) is 11.6 Å². The number of fused-ring (bicyclic) bond motifs is 1. The summed E-state index contributed by atoms with van der Waals surface area (Å²) in [6, 6.07) is 1.90. The Balaban J connectivity index is 2.18. The SMILES string of the molecule is CCOC(=O)C1CNc2cc(F)c(F)cc2O1. The van der Waals surface area contributed by atoms with Crippen molar-refractivity contribution in [2.75, 3.05) is 18.5 Å². The van der Waals surface area contributed by atoms with Gasteiger partial charge in [-0.1, -0.05) is 0 Å². The van der Waals surface area contributed by atoms with Crippen LogP contribution in [0, 0.1) is 11.6 Å². The maximum Gasteiger partial charge on any atom is 0.349 e. The molecular weight excluding hydrogens is 232 g/mol. The molecule has 0 aliphatic carbocycles. The van der Waals surface area contributed by atoms with Gasteiger partial charge in [-0.25, -0.2) is 13.6 Å². The van der Waals surface area contributed by atoms with Crippen LogP contribution in [0.2, 0.25) is 0 Å². The quantitative estimate of drug-likeness (QED) is 0.803. The summed E-state index contributed by atoms with van der Waals surface area (Å²) >= 11 is 0. The number of esters is 1. The maximum absolute atomic E-state index is 13.0. The number of anilines is 1. The van der Waals surface area contributed by atoms with E-state index in [1.54, 1.807) is 6.92 Å². The molecule has 1 aromatic rings. The Labute approximate surface area is 96.5 Å². The van der Waals surface area contributed by atoms with Gasteiger partial charge in [-0.05, 0) is 6.92 Å². The highest BCUT2D eigenvalue weighted by Crippen LogP contribution is 2.31. The number of carbonyl (C=O) groups excluding carboxylic acids is 1. The van der Waals surface area contributed by atoms with Crippen molar-refractivity contribution in [3.63, 3.8) is 0 Å². The van der Waals surface area contributed by atoms with Crippen LogP contribution in [0.3, 0.4) is 0 Å². The summed E-state index contributed by atoms with van der Waals surface area (Å²) in [4.78, 5) is 11.4. The lowest BCUT2D eigenvalue weighted by molar-refractivity contribution is -0.150. The summed E-state index contributed by atoms with van der Waals surface area (Å²) in [6.07, 6.45) is -0.840. The lowest BCUT2D eigenvalue weighted by atomic mass is 10.2. The molecule has 1 unspecified atom stereocenters. The van der Waals surface area contributed by atoms with Crippen LogP contribution in [-0.2, 0) is 9.53 Å². The van der Waals surface area contributed by atoms with Gasteiger partial charge in [0.05, 0.1) is 18.8 Å². The molecule has 4 nitrogen and oxygen atoms in total. The topological polar surface area (TPSA) is 47.6 Å². The minimum absolute atomic E-state index is 0.105. The molecule has 6 heteroatoms. The Kier molecular flexibility index (Phi) is 3.12. The van der Waals surface area contributed by atoms with E-state index in [2.05, 4.69) is 5.32 Å². The van der Waals surface area contributed by atoms with Crippen LogP contribution in [0.5, 0.6) is 5.75 Å². The highest BCUT2D eigenvalue weighted by molar-refractivity contribution is 5.77. The standard InChI is InChI=1S/C11H11F2NO3/c1-2-16-11(15)10-5-14-8-3-6(12)7(13)4-9(8)17-10/h3-4,10,14H,2,5H2,1H3. The Morgan fingerprint density at radius 3 is 2.94 bits per heavy atom. The molecule has 0 spiro atoms. The summed E-state index contributed by atoms with van der Waals surface area (Å²) < 4.78 is 35.9. The van der Waals surface area contributed by atoms with E-state index in [9.17, 15) is 13.6 Å². The van der Waals surface area contributed by atoms with E-state index in [1.165, 1.54) is 0 Å². The van der Waals surface area contributed by atoms with Crippen molar-refractivity contribution < 1.29 is 23.0 Å². The van der Waals surface area contributed by atoms with Gasteiger partial charge in [-0.15, -0.1) is 0 Å². The molecule has 0 amide bonds. The zero-order valence-corrected chi connectivity index (χ0v) is 9.13. The molecule has 0 bridgehead atoms. The van der Waals surface area contributed by atoms with Crippen molar-refractivity contribution in [1.82, 2.24) is 0 Å². The van der Waals surface area contributed by atoms with Gasteiger partial charge in [0, 0.05) is 12.1 Å². The zero-order chi connectivity index (χ0) is 12.4. The third-order valence-corrected chi connectivity index (χ3v) is 2.32. The number of benzene rings is 1. The predicted molar refractivity (Wildman–Crippen MR) is 55.9 cm³/mol. The van der Waals surface area contributed by atoms with E-state index in [0.29, 0.717) is 5.69 Å². The average Bonchev–Trinajstić information content (AvgIpc) is 2.30. The Bertz CT molecular complexity index is 451. The number of carbonyl (C=O) groups is 1. The van der Waals surface area contributed by atoms with E-state index >= 15 is 0 Å². The van der Waals surface area contributed by atoms with E-state index in [1.807, 2.05) is 0 Å². The van der Waals surface area contributed by atoms with Gasteiger partial charge < -0.3 is 14.8 Å². The molecule has 0 saturated carbocycles. The first-order chi connectivity index (χ1) is 8.11. The lowest BCUT2D eigenvalue weighted by Gasteiger charge is -2.25. The van der Waals surface area contributed by atoms with Crippen LogP contribution in [0.1, 0.15) is 6.92 Å². The normalized spacial score (nSPS) is 17.7. The van der Waals surface area contributed by atoms with Gasteiger partial charge >= 0.3 is 5.97 Å². The van der Waals surface area contributed by atoms with Gasteiger partial charge in [-0.3, -0.25) is 0 Å². The minimum Gasteiger partial charge on any atom is -0.475 e. The highest BCUT2D eigenvalue weighted by Gasteiger charge is 2.28. The molecule has 0 saturated heterocycles. The first-order valence-corrected chi connectivity index (χ1v) is 5.18. The predicted octanol–water partition coefficient (Wildman–Crippen LogP) is 1.70. The summed E-state index contributed by atoms with van der Waals surface area (Å²) in [6.45, 7) is 2.08. The molecule has 0 aromatic heterocycles.